The van der Waals surface area contributed by atoms with Crippen molar-refractivity contribution in [2.45, 2.75) is 0 Å². The van der Waals surface area contributed by atoms with Crippen LogP contribution < -0.4 is 5.32 Å². The number of nitro benzene ring substituents is 1. The van der Waals surface area contributed by atoms with E-state index in [2.05, 4.69) is 21.2 Å². The van der Waals surface area contributed by atoms with Crippen LogP contribution in [-0.4, -0.2) is 16.0 Å². The van der Waals surface area contributed by atoms with Crippen LogP contribution in [0.3, 0.4) is 0 Å². The lowest BCUT2D eigenvalue weighted by Crippen LogP contribution is -2.03. The molecule has 0 amide bonds. The van der Waals surface area contributed by atoms with Crippen molar-refractivity contribution in [3.8, 4) is 0 Å². The van der Waals surface area contributed by atoms with E-state index in [1.807, 2.05) is 12.1 Å². The maximum Gasteiger partial charge on any atom is 0.342 e. The van der Waals surface area contributed by atoms with E-state index in [1.165, 1.54) is 18.2 Å². The van der Waals surface area contributed by atoms with Gasteiger partial charge in [0.25, 0.3) is 5.69 Å². The molecular weight excluding hydrogens is 328 g/mol. The minimum Gasteiger partial charge on any atom is -0.477 e. The second-order valence-electron chi connectivity index (χ2n) is 3.93. The zero-order chi connectivity index (χ0) is 14.7. The summed E-state index contributed by atoms with van der Waals surface area (Å²) in [6.07, 6.45) is 0. The monoisotopic (exact) mass is 336 g/mol. The fourth-order valence-electron chi connectivity index (χ4n) is 1.67. The maximum absolute atomic E-state index is 10.9. The Kier molecular flexibility index (Phi) is 3.99. The zero-order valence-corrected chi connectivity index (χ0v) is 11.6. The second-order valence-corrected chi connectivity index (χ2v) is 4.85. The topological polar surface area (TPSA) is 92.5 Å². The maximum atomic E-state index is 10.9. The van der Waals surface area contributed by atoms with Gasteiger partial charge in [0.15, 0.2) is 0 Å². The lowest BCUT2D eigenvalue weighted by Gasteiger charge is -2.07. The van der Waals surface area contributed by atoms with Crippen LogP contribution >= 0.6 is 15.9 Å². The van der Waals surface area contributed by atoms with Gasteiger partial charge in [-0.3, -0.25) is 10.1 Å². The van der Waals surface area contributed by atoms with Crippen LogP contribution in [0.2, 0.25) is 0 Å². The normalized spacial score (nSPS) is 10.1. The van der Waals surface area contributed by atoms with Gasteiger partial charge in [-0.15, -0.1) is 0 Å². The molecule has 0 aliphatic heterocycles. The molecule has 0 aromatic heterocycles. The Hall–Kier alpha value is -2.41. The van der Waals surface area contributed by atoms with Crippen molar-refractivity contribution in [2.75, 3.05) is 5.32 Å². The fraction of sp³-hybridized carbons (Fsp3) is 0. The highest BCUT2D eigenvalue weighted by molar-refractivity contribution is 9.10. The minimum absolute atomic E-state index is 0.338. The van der Waals surface area contributed by atoms with Crippen LogP contribution in [-0.2, 0) is 0 Å². The van der Waals surface area contributed by atoms with Gasteiger partial charge in [-0.05, 0) is 30.3 Å². The molecular formula is C13H9BrN2O4. The lowest BCUT2D eigenvalue weighted by molar-refractivity contribution is -0.385. The SMILES string of the molecule is O=C(O)c1ccc(Nc2cccc(Br)c2)cc1[N+](=O)[O-]. The van der Waals surface area contributed by atoms with Crippen molar-refractivity contribution in [3.05, 3.63) is 62.6 Å². The number of hydrogen-bond acceptors (Lipinski definition) is 4. The van der Waals surface area contributed by atoms with Gasteiger partial charge in [0, 0.05) is 21.9 Å². The molecule has 0 atom stereocenters. The molecule has 2 N–H and O–H groups in total. The third-order valence-corrected chi connectivity index (χ3v) is 3.03. The second kappa shape index (κ2) is 5.70. The third-order valence-electron chi connectivity index (χ3n) is 2.54. The van der Waals surface area contributed by atoms with Gasteiger partial charge in [0.05, 0.1) is 4.92 Å². The molecule has 0 aliphatic rings. The molecule has 20 heavy (non-hydrogen) atoms. The molecule has 0 unspecified atom stereocenters. The van der Waals surface area contributed by atoms with Crippen molar-refractivity contribution >= 4 is 39.0 Å². The van der Waals surface area contributed by atoms with E-state index < -0.39 is 16.6 Å². The zero-order valence-electron chi connectivity index (χ0n) is 10.0. The first-order chi connectivity index (χ1) is 9.47. The summed E-state index contributed by atoms with van der Waals surface area (Å²) in [6.45, 7) is 0. The highest BCUT2D eigenvalue weighted by atomic mass is 79.9. The number of carboxylic acid groups (broad SMARTS) is 1. The van der Waals surface area contributed by atoms with Crippen molar-refractivity contribution in [1.29, 1.82) is 0 Å². The van der Waals surface area contributed by atoms with Gasteiger partial charge in [0.1, 0.15) is 5.56 Å². The highest BCUT2D eigenvalue weighted by Crippen LogP contribution is 2.26. The average Bonchev–Trinajstić information content (AvgIpc) is 2.38. The summed E-state index contributed by atoms with van der Waals surface area (Å²) in [5, 5.41) is 22.8. The Labute approximate surface area is 122 Å². The number of nitrogens with one attached hydrogen (secondary N) is 1. The van der Waals surface area contributed by atoms with Gasteiger partial charge in [-0.25, -0.2) is 4.79 Å². The molecule has 7 heteroatoms. The average molecular weight is 337 g/mol. The number of aromatic carboxylic acids is 1. The first-order valence-corrected chi connectivity index (χ1v) is 6.31. The Morgan fingerprint density at radius 1 is 1.20 bits per heavy atom. The van der Waals surface area contributed by atoms with Gasteiger partial charge < -0.3 is 10.4 Å². The number of benzene rings is 2. The standard InChI is InChI=1S/C13H9BrN2O4/c14-8-2-1-3-9(6-8)15-10-4-5-11(13(17)18)12(7-10)16(19)20/h1-7,15H,(H,17,18). The van der Waals surface area contributed by atoms with E-state index >= 15 is 0 Å². The first-order valence-electron chi connectivity index (χ1n) is 5.51. The molecule has 102 valence electrons. The molecule has 0 radical (unpaired) electrons. The number of nitro groups is 1. The van der Waals surface area contributed by atoms with Crippen LogP contribution in [0.5, 0.6) is 0 Å². The number of nitrogens with zero attached hydrogens (tertiary/aromatic N) is 1. The summed E-state index contributed by atoms with van der Waals surface area (Å²) in [6, 6.07) is 11.1. The van der Waals surface area contributed by atoms with Crippen molar-refractivity contribution in [3.63, 3.8) is 0 Å². The summed E-state index contributed by atoms with van der Waals surface area (Å²) in [7, 11) is 0. The van der Waals surface area contributed by atoms with E-state index in [9.17, 15) is 14.9 Å². The quantitative estimate of drug-likeness (QED) is 0.654. The Balaban J connectivity index is 2.36. The minimum atomic E-state index is -1.33. The molecule has 0 bridgehead atoms. The van der Waals surface area contributed by atoms with Crippen LogP contribution in [0.4, 0.5) is 17.1 Å². The van der Waals surface area contributed by atoms with Gasteiger partial charge in [0.2, 0.25) is 0 Å². The molecule has 2 aromatic carbocycles. The largest absolute Gasteiger partial charge is 0.477 e. The van der Waals surface area contributed by atoms with E-state index in [4.69, 9.17) is 5.11 Å². The predicted octanol–water partition coefficient (Wildman–Crippen LogP) is 3.80. The lowest BCUT2D eigenvalue weighted by atomic mass is 10.1. The van der Waals surface area contributed by atoms with Crippen LogP contribution in [0.15, 0.2) is 46.9 Å². The smallest absolute Gasteiger partial charge is 0.342 e. The summed E-state index contributed by atoms with van der Waals surface area (Å²) < 4.78 is 0.860. The Morgan fingerprint density at radius 3 is 2.50 bits per heavy atom. The molecule has 0 saturated carbocycles. The third kappa shape index (κ3) is 3.12. The van der Waals surface area contributed by atoms with Gasteiger partial charge in [-0.2, -0.15) is 0 Å². The number of hydrogen-bond donors (Lipinski definition) is 2. The molecule has 0 fully saturated rings. The molecule has 6 nitrogen and oxygen atoms in total. The Bertz CT molecular complexity index is 688. The summed E-state index contributed by atoms with van der Waals surface area (Å²) in [4.78, 5) is 21.1. The number of rotatable bonds is 4. The number of anilines is 2. The van der Waals surface area contributed by atoms with Crippen LogP contribution in [0.25, 0.3) is 0 Å². The molecule has 0 aliphatic carbocycles. The van der Waals surface area contributed by atoms with Crippen molar-refractivity contribution < 1.29 is 14.8 Å². The van der Waals surface area contributed by atoms with Crippen molar-refractivity contribution in [1.82, 2.24) is 0 Å². The van der Waals surface area contributed by atoms with E-state index in [0.29, 0.717) is 5.69 Å². The Morgan fingerprint density at radius 2 is 1.90 bits per heavy atom. The van der Waals surface area contributed by atoms with Crippen LogP contribution in [0, 0.1) is 10.1 Å². The first kappa shape index (κ1) is 14.0. The highest BCUT2D eigenvalue weighted by Gasteiger charge is 2.20. The number of halogens is 1. The van der Waals surface area contributed by atoms with Gasteiger partial charge >= 0.3 is 5.97 Å². The predicted molar refractivity (Wildman–Crippen MR) is 77.5 cm³/mol. The molecule has 2 rings (SSSR count). The van der Waals surface area contributed by atoms with E-state index in [1.54, 1.807) is 12.1 Å². The van der Waals surface area contributed by atoms with Gasteiger partial charge in [-0.1, -0.05) is 22.0 Å². The molecule has 0 spiro atoms. The molecule has 0 heterocycles. The molecule has 2 aromatic rings. The summed E-state index contributed by atoms with van der Waals surface area (Å²) in [5.41, 5.74) is 0.392. The van der Waals surface area contributed by atoms with Crippen molar-refractivity contribution in [2.24, 2.45) is 0 Å². The number of carboxylic acids is 1. The fourth-order valence-corrected chi connectivity index (χ4v) is 2.07. The summed E-state index contributed by atoms with van der Waals surface area (Å²) in [5.74, 6) is -1.33. The summed E-state index contributed by atoms with van der Waals surface area (Å²) >= 11 is 3.32. The van der Waals surface area contributed by atoms with E-state index in [-0.39, 0.29) is 5.56 Å². The number of carbonyl (C=O) groups is 1. The molecule has 0 saturated heterocycles. The van der Waals surface area contributed by atoms with Crippen LogP contribution in [0.1, 0.15) is 10.4 Å². The van der Waals surface area contributed by atoms with E-state index in [0.717, 1.165) is 10.2 Å².